The number of rotatable bonds is 5. The fraction of sp³-hybridized carbons (Fsp3) is 0.474. The van der Waals surface area contributed by atoms with E-state index in [4.69, 9.17) is 16.0 Å². The number of hydrogen-bond donors (Lipinski definition) is 0. The lowest BCUT2D eigenvalue weighted by Gasteiger charge is -2.37. The zero-order valence-corrected chi connectivity index (χ0v) is 18.9. The third kappa shape index (κ3) is 3.90. The van der Waals surface area contributed by atoms with Crippen molar-refractivity contribution < 1.29 is 4.43 Å². The zero-order valence-electron chi connectivity index (χ0n) is 17.1. The molecule has 0 unspecified atom stereocenters. The van der Waals surface area contributed by atoms with Crippen molar-refractivity contribution in [1.82, 2.24) is 24.3 Å². The van der Waals surface area contributed by atoms with Crippen molar-refractivity contribution >= 4 is 30.8 Å². The molecule has 3 rings (SSSR count). The SMILES string of the molecule is C[C@@H](CO[Si](C)(C)C(C)(C)C)n1cnc2c(-n3cccn3)nc(Cl)cc2c1=O. The van der Waals surface area contributed by atoms with Crippen LogP contribution < -0.4 is 5.56 Å². The lowest BCUT2D eigenvalue weighted by atomic mass is 10.2. The van der Waals surface area contributed by atoms with E-state index >= 15 is 0 Å². The Labute approximate surface area is 170 Å². The van der Waals surface area contributed by atoms with Crippen molar-refractivity contribution in [3.05, 3.63) is 46.4 Å². The Hall–Kier alpha value is -2.03. The molecule has 0 radical (unpaired) electrons. The van der Waals surface area contributed by atoms with E-state index < -0.39 is 8.32 Å². The van der Waals surface area contributed by atoms with Crippen molar-refractivity contribution in [3.63, 3.8) is 0 Å². The quantitative estimate of drug-likeness (QED) is 0.457. The number of fused-ring (bicyclic) bond motifs is 1. The maximum Gasteiger partial charge on any atom is 0.261 e. The van der Waals surface area contributed by atoms with Crippen LogP contribution in [-0.4, -0.2) is 39.2 Å². The average molecular weight is 420 g/mol. The monoisotopic (exact) mass is 419 g/mol. The molecule has 0 amide bonds. The summed E-state index contributed by atoms with van der Waals surface area (Å²) in [6.07, 6.45) is 4.92. The summed E-state index contributed by atoms with van der Waals surface area (Å²) >= 11 is 6.17. The van der Waals surface area contributed by atoms with Gasteiger partial charge < -0.3 is 4.43 Å². The fourth-order valence-corrected chi connectivity index (χ4v) is 3.87. The van der Waals surface area contributed by atoms with Crippen LogP contribution in [0, 0.1) is 0 Å². The molecule has 0 aliphatic heterocycles. The first-order valence-electron chi connectivity index (χ1n) is 9.22. The Bertz CT molecular complexity index is 1040. The average Bonchev–Trinajstić information content (AvgIpc) is 3.13. The molecule has 7 nitrogen and oxygen atoms in total. The van der Waals surface area contributed by atoms with Crippen LogP contribution in [0.5, 0.6) is 0 Å². The van der Waals surface area contributed by atoms with E-state index in [-0.39, 0.29) is 21.8 Å². The molecule has 28 heavy (non-hydrogen) atoms. The third-order valence-corrected chi connectivity index (χ3v) is 10.1. The number of hydrogen-bond acceptors (Lipinski definition) is 5. The van der Waals surface area contributed by atoms with Crippen LogP contribution in [-0.2, 0) is 4.43 Å². The van der Waals surface area contributed by atoms with Crippen molar-refractivity contribution in [1.29, 1.82) is 0 Å². The molecule has 150 valence electrons. The van der Waals surface area contributed by atoms with Crippen LogP contribution in [0.15, 0.2) is 35.6 Å². The molecular weight excluding hydrogens is 394 g/mol. The molecule has 0 spiro atoms. The second-order valence-corrected chi connectivity index (χ2v) is 13.7. The number of halogens is 1. The summed E-state index contributed by atoms with van der Waals surface area (Å²) < 4.78 is 9.43. The van der Waals surface area contributed by atoms with E-state index in [1.54, 1.807) is 40.1 Å². The second kappa shape index (κ2) is 7.42. The molecule has 3 heterocycles. The molecule has 0 saturated heterocycles. The van der Waals surface area contributed by atoms with E-state index in [1.165, 1.54) is 0 Å². The van der Waals surface area contributed by atoms with Gasteiger partial charge in [-0.1, -0.05) is 32.4 Å². The van der Waals surface area contributed by atoms with Gasteiger partial charge in [0.15, 0.2) is 14.1 Å². The van der Waals surface area contributed by atoms with Crippen LogP contribution in [0.25, 0.3) is 16.7 Å². The van der Waals surface area contributed by atoms with Gasteiger partial charge in [-0.2, -0.15) is 5.10 Å². The molecule has 9 heteroatoms. The summed E-state index contributed by atoms with van der Waals surface area (Å²) in [6.45, 7) is 13.4. The summed E-state index contributed by atoms with van der Waals surface area (Å²) in [6, 6.07) is 3.17. The summed E-state index contributed by atoms with van der Waals surface area (Å²) in [4.78, 5) is 21.9. The standard InChI is InChI=1S/C19H26ClN5O2Si/c1-13(11-27-28(5,6)19(2,3)4)24-12-21-16-14(18(24)26)10-15(20)23-17(16)25-9-7-8-22-25/h7-10,12-13H,11H2,1-6H3/t13-/m0/s1. The highest BCUT2D eigenvalue weighted by Crippen LogP contribution is 2.36. The minimum absolute atomic E-state index is 0.108. The maximum atomic E-state index is 13.1. The van der Waals surface area contributed by atoms with Crippen LogP contribution >= 0.6 is 11.6 Å². The predicted molar refractivity (Wildman–Crippen MR) is 114 cm³/mol. The van der Waals surface area contributed by atoms with Gasteiger partial charge in [0.2, 0.25) is 0 Å². The third-order valence-electron chi connectivity index (χ3n) is 5.41. The second-order valence-electron chi connectivity index (χ2n) is 8.49. The van der Waals surface area contributed by atoms with E-state index in [1.807, 2.05) is 6.92 Å². The molecular formula is C19H26ClN5O2Si. The summed E-state index contributed by atoms with van der Waals surface area (Å²) in [5, 5.41) is 4.92. The Morgan fingerprint density at radius 3 is 2.64 bits per heavy atom. The summed E-state index contributed by atoms with van der Waals surface area (Å²) in [7, 11) is -1.90. The van der Waals surface area contributed by atoms with Gasteiger partial charge in [-0.3, -0.25) is 9.36 Å². The topological polar surface area (TPSA) is 74.8 Å². The molecule has 0 saturated carbocycles. The van der Waals surface area contributed by atoms with Crippen LogP contribution in [0.3, 0.4) is 0 Å². The normalized spacial score (nSPS) is 13.8. The molecule has 0 fully saturated rings. The molecule has 0 N–H and O–H groups in total. The smallest absolute Gasteiger partial charge is 0.261 e. The lowest BCUT2D eigenvalue weighted by molar-refractivity contribution is 0.236. The van der Waals surface area contributed by atoms with E-state index in [2.05, 4.69) is 48.9 Å². The highest BCUT2D eigenvalue weighted by atomic mass is 35.5. The minimum Gasteiger partial charge on any atom is -0.415 e. The van der Waals surface area contributed by atoms with Gasteiger partial charge in [0.05, 0.1) is 24.4 Å². The summed E-state index contributed by atoms with van der Waals surface area (Å²) in [5.41, 5.74) is 0.293. The van der Waals surface area contributed by atoms with E-state index in [0.717, 1.165) is 0 Å². The number of pyridine rings is 1. The van der Waals surface area contributed by atoms with Crippen molar-refractivity contribution in [2.24, 2.45) is 0 Å². The van der Waals surface area contributed by atoms with Crippen molar-refractivity contribution in [2.75, 3.05) is 6.61 Å². The van der Waals surface area contributed by atoms with Gasteiger partial charge in [-0.05, 0) is 37.2 Å². The molecule has 0 aromatic carbocycles. The first-order chi connectivity index (χ1) is 13.0. The molecule has 0 bridgehead atoms. The van der Waals surface area contributed by atoms with Crippen LogP contribution in [0.4, 0.5) is 0 Å². The molecule has 3 aromatic heterocycles. The lowest BCUT2D eigenvalue weighted by Crippen LogP contribution is -2.42. The number of nitrogens with zero attached hydrogens (tertiary/aromatic N) is 5. The molecule has 1 atom stereocenters. The fourth-order valence-electron chi connectivity index (χ4n) is 2.59. The minimum atomic E-state index is -1.90. The Morgan fingerprint density at radius 2 is 2.04 bits per heavy atom. The highest BCUT2D eigenvalue weighted by molar-refractivity contribution is 6.74. The van der Waals surface area contributed by atoms with Crippen LogP contribution in [0.2, 0.25) is 23.3 Å². The maximum absolute atomic E-state index is 13.1. The van der Waals surface area contributed by atoms with Crippen molar-refractivity contribution in [2.45, 2.75) is 51.9 Å². The Kier molecular flexibility index (Phi) is 5.48. The molecule has 0 aliphatic carbocycles. The van der Waals surface area contributed by atoms with E-state index in [9.17, 15) is 4.79 Å². The predicted octanol–water partition coefficient (Wildman–Crippen LogP) is 4.21. The van der Waals surface area contributed by atoms with E-state index in [0.29, 0.717) is 23.3 Å². The molecule has 0 aliphatic rings. The largest absolute Gasteiger partial charge is 0.415 e. The van der Waals surface area contributed by atoms with Gasteiger partial charge >= 0.3 is 0 Å². The first kappa shape index (κ1) is 20.7. The van der Waals surface area contributed by atoms with Gasteiger partial charge in [-0.25, -0.2) is 14.6 Å². The van der Waals surface area contributed by atoms with Gasteiger partial charge in [-0.15, -0.1) is 0 Å². The number of aromatic nitrogens is 5. The highest BCUT2D eigenvalue weighted by Gasteiger charge is 2.37. The Morgan fingerprint density at radius 1 is 1.32 bits per heavy atom. The van der Waals surface area contributed by atoms with Crippen molar-refractivity contribution in [3.8, 4) is 5.82 Å². The van der Waals surface area contributed by atoms with Gasteiger partial charge in [0.25, 0.3) is 5.56 Å². The van der Waals surface area contributed by atoms with Gasteiger partial charge in [0.1, 0.15) is 10.7 Å². The van der Waals surface area contributed by atoms with Gasteiger partial charge in [0, 0.05) is 12.4 Å². The van der Waals surface area contributed by atoms with Crippen LogP contribution in [0.1, 0.15) is 33.7 Å². The first-order valence-corrected chi connectivity index (χ1v) is 12.5. The Balaban J connectivity index is 1.98. The summed E-state index contributed by atoms with van der Waals surface area (Å²) in [5.74, 6) is 0.432. The zero-order chi connectivity index (χ0) is 20.7. The molecule has 3 aromatic rings.